The number of nitrogens with one attached hydrogen (secondary N) is 1. The fraction of sp³-hybridized carbons (Fsp3) is 0.500. The van der Waals surface area contributed by atoms with Crippen molar-refractivity contribution in [3.63, 3.8) is 0 Å². The van der Waals surface area contributed by atoms with Crippen molar-refractivity contribution in [2.75, 3.05) is 71.8 Å². The molecule has 3 fully saturated rings. The number of halogens is 2. The molecule has 12 nitrogen and oxygen atoms in total. The summed E-state index contributed by atoms with van der Waals surface area (Å²) in [5, 5.41) is 10.4. The highest BCUT2D eigenvalue weighted by molar-refractivity contribution is 7.92. The Hall–Kier alpha value is -2.02. The van der Waals surface area contributed by atoms with Gasteiger partial charge in [-0.3, -0.25) is 9.55 Å². The second-order valence-corrected chi connectivity index (χ2v) is 16.2. The number of benzene rings is 1. The number of sulfonamides is 1. The number of piperazine rings is 3. The maximum Gasteiger partial charge on any atom is 0.250 e. The van der Waals surface area contributed by atoms with Gasteiger partial charge in [-0.05, 0) is 43.3 Å². The molecule has 0 aliphatic carbocycles. The molecule has 2 bridgehead atoms. The van der Waals surface area contributed by atoms with Crippen molar-refractivity contribution in [1.82, 2.24) is 9.71 Å². The fourth-order valence-electron chi connectivity index (χ4n) is 6.13. The first-order valence-corrected chi connectivity index (χ1v) is 18.4. The van der Waals surface area contributed by atoms with Gasteiger partial charge in [0.2, 0.25) is 0 Å². The zero-order chi connectivity index (χ0) is 30.7. The fourth-order valence-corrected chi connectivity index (χ4v) is 10.4. The Bertz CT molecular complexity index is 1650. The van der Waals surface area contributed by atoms with Crippen LogP contribution >= 0.6 is 31.3 Å². The predicted octanol–water partition coefficient (Wildman–Crippen LogP) is -0.451. The highest BCUT2D eigenvalue weighted by atomic mass is 35.5. The maximum absolute atomic E-state index is 13.1. The van der Waals surface area contributed by atoms with E-state index in [9.17, 15) is 23.1 Å². The third-order valence-corrected chi connectivity index (χ3v) is 13.2. The first-order valence-electron chi connectivity index (χ1n) is 14.4. The van der Waals surface area contributed by atoms with E-state index in [1.165, 1.54) is 74.8 Å². The second kappa shape index (κ2) is 15.3. The first kappa shape index (κ1) is 37.4. The number of ether oxygens (including phenoxy) is 1. The van der Waals surface area contributed by atoms with Crippen molar-refractivity contribution < 1.29 is 48.5 Å². The summed E-state index contributed by atoms with van der Waals surface area (Å²) in [6.45, 7) is 12.2. The molecule has 6 rings (SSSR count). The van der Waals surface area contributed by atoms with Crippen LogP contribution < -0.4 is 37.0 Å². The smallest absolute Gasteiger partial charge is 0.250 e. The Balaban J connectivity index is 0.00000276. The highest BCUT2D eigenvalue weighted by Crippen LogP contribution is 2.40. The van der Waals surface area contributed by atoms with Crippen LogP contribution in [0.1, 0.15) is 24.0 Å². The third-order valence-electron chi connectivity index (χ3n) is 8.70. The molecule has 0 saturated carbocycles. The molecule has 248 valence electrons. The normalized spacial score (nSPS) is 22.1. The molecule has 0 radical (unpaired) electrons. The van der Waals surface area contributed by atoms with E-state index in [0.717, 1.165) is 41.8 Å². The minimum atomic E-state index is -4.59. The average Bonchev–Trinajstić information content (AvgIpc) is 3.34. The zero-order valence-electron chi connectivity index (χ0n) is 25.0. The van der Waals surface area contributed by atoms with Gasteiger partial charge in [-0.1, -0.05) is 0 Å². The molecule has 0 amide bonds. The quantitative estimate of drug-likeness (QED) is 0.127. The number of hydrogen-bond donors (Lipinski definition) is 2. The molecule has 3 aliphatic heterocycles. The summed E-state index contributed by atoms with van der Waals surface area (Å²) in [7, 11) is -8.78. The van der Waals surface area contributed by atoms with E-state index >= 15 is 0 Å². The lowest BCUT2D eigenvalue weighted by Gasteiger charge is -2.55. The van der Waals surface area contributed by atoms with Crippen LogP contribution in [0.3, 0.4) is 0 Å². The number of aromatic nitrogens is 1. The molecule has 5 heterocycles. The van der Waals surface area contributed by atoms with E-state index in [1.807, 2.05) is 0 Å². The predicted molar refractivity (Wildman–Crippen MR) is 169 cm³/mol. The Morgan fingerprint density at radius 2 is 1.80 bits per heavy atom. The summed E-state index contributed by atoms with van der Waals surface area (Å²) in [6.07, 6.45) is 3.69. The zero-order valence-corrected chi connectivity index (χ0v) is 29.1. The van der Waals surface area contributed by atoms with Gasteiger partial charge in [-0.2, -0.15) is 5.26 Å². The van der Waals surface area contributed by atoms with Crippen LogP contribution in [0, 0.1) is 18.3 Å². The Kier molecular flexibility index (Phi) is 12.7. The van der Waals surface area contributed by atoms with E-state index in [2.05, 4.69) is 15.8 Å². The van der Waals surface area contributed by atoms with Gasteiger partial charge < -0.3 is 41.3 Å². The molecule has 1 unspecified atom stereocenters. The molecule has 2 aromatic heterocycles. The monoisotopic (exact) mass is 720 g/mol. The summed E-state index contributed by atoms with van der Waals surface area (Å²) in [5.74, 6) is 0.404. The van der Waals surface area contributed by atoms with E-state index in [4.69, 9.17) is 15.0 Å². The lowest BCUT2D eigenvalue weighted by Crippen LogP contribution is -3.00. The summed E-state index contributed by atoms with van der Waals surface area (Å²) in [6, 6.07) is 8.41. The van der Waals surface area contributed by atoms with Gasteiger partial charge in [-0.15, -0.1) is 23.7 Å². The van der Waals surface area contributed by atoms with Crippen molar-refractivity contribution >= 4 is 51.4 Å². The topological polar surface area (TPSA) is 167 Å². The molecule has 3 aliphatic rings. The number of rotatable bonds is 14. The van der Waals surface area contributed by atoms with Crippen LogP contribution in [0.25, 0.3) is 10.1 Å². The van der Waals surface area contributed by atoms with Crippen LogP contribution in [-0.2, 0) is 14.6 Å². The SMILES string of the molecule is Cc1c(S(=O)(=O)NCP(=O)([O-])Oc2cccnc2)sc2cc(C#N)c(OCCC[N+]34CC[N+](CCCN)(CC3)CC4)cc12.Cl.[Cl-]. The van der Waals surface area contributed by atoms with Gasteiger partial charge in [0, 0.05) is 29.1 Å². The van der Waals surface area contributed by atoms with Crippen molar-refractivity contribution in [2.24, 2.45) is 5.73 Å². The van der Waals surface area contributed by atoms with Crippen LogP contribution in [0.15, 0.2) is 40.9 Å². The van der Waals surface area contributed by atoms with Crippen molar-refractivity contribution in [3.05, 3.63) is 47.8 Å². The Labute approximate surface area is 280 Å². The average molecular weight is 722 g/mol. The number of hydrogen-bond acceptors (Lipinski definition) is 10. The number of fused-ring (bicyclic) bond motifs is 4. The standard InChI is InChI=1S/C28H38N6O6PS2.2ClH/c1-22-25-18-26(39-16-4-9-34-13-10-33(11-14-34,12-15-34)8-3-6-29)23(19-30)17-27(25)42-28(22)43(37,38)32-21-41(35,36)40-24-5-2-7-31-20-24;;/h2,5,7,17-18,20,32H,3-4,6,8-16,21,29H2,1H3;2*1H/q+1;;/p-1. The summed E-state index contributed by atoms with van der Waals surface area (Å²) >= 11 is 0.971. The Morgan fingerprint density at radius 1 is 1.16 bits per heavy atom. The summed E-state index contributed by atoms with van der Waals surface area (Å²) in [5.41, 5.74) is 6.53. The minimum absolute atomic E-state index is 0. The minimum Gasteiger partial charge on any atom is -1.00 e. The van der Waals surface area contributed by atoms with Crippen LogP contribution in [0.5, 0.6) is 11.5 Å². The Morgan fingerprint density at radius 3 is 2.38 bits per heavy atom. The third kappa shape index (κ3) is 8.67. The maximum atomic E-state index is 13.1. The molecule has 0 spiro atoms. The molecule has 3 saturated heterocycles. The van der Waals surface area contributed by atoms with Crippen molar-refractivity contribution in [2.45, 2.75) is 24.0 Å². The van der Waals surface area contributed by atoms with Crippen LogP contribution in [0.4, 0.5) is 0 Å². The largest absolute Gasteiger partial charge is 1.00 e. The number of quaternary nitrogens is 2. The van der Waals surface area contributed by atoms with Gasteiger partial charge >= 0.3 is 0 Å². The van der Waals surface area contributed by atoms with Crippen molar-refractivity contribution in [3.8, 4) is 17.6 Å². The van der Waals surface area contributed by atoms with Crippen LogP contribution in [0.2, 0.25) is 0 Å². The first-order chi connectivity index (χ1) is 20.5. The van der Waals surface area contributed by atoms with E-state index in [1.54, 1.807) is 19.1 Å². The van der Waals surface area contributed by atoms with Gasteiger partial charge in [0.15, 0.2) is 7.60 Å². The molecular formula is C28H39Cl2N6O6PS2. The lowest BCUT2D eigenvalue weighted by atomic mass is 10.1. The van der Waals surface area contributed by atoms with Crippen molar-refractivity contribution in [1.29, 1.82) is 5.26 Å². The molecule has 3 N–H and O–H groups in total. The van der Waals surface area contributed by atoms with Gasteiger partial charge in [0.1, 0.15) is 61.0 Å². The summed E-state index contributed by atoms with van der Waals surface area (Å²) in [4.78, 5) is 16.2. The molecule has 1 atom stereocenters. The lowest BCUT2D eigenvalue weighted by molar-refractivity contribution is -1.08. The van der Waals surface area contributed by atoms with Gasteiger partial charge in [0.05, 0.1) is 37.7 Å². The van der Waals surface area contributed by atoms with Crippen LogP contribution in [-0.4, -0.2) is 94.2 Å². The van der Waals surface area contributed by atoms with E-state index in [0.29, 0.717) is 33.6 Å². The molecule has 3 aromatic rings. The number of nitrogens with zero attached hydrogens (tertiary/aromatic N) is 4. The summed E-state index contributed by atoms with van der Waals surface area (Å²) < 4.78 is 54.7. The highest BCUT2D eigenvalue weighted by Gasteiger charge is 2.48. The second-order valence-electron chi connectivity index (χ2n) is 11.5. The van der Waals surface area contributed by atoms with Gasteiger partial charge in [0.25, 0.3) is 10.0 Å². The number of pyridine rings is 1. The molecule has 1 aromatic carbocycles. The molecule has 17 heteroatoms. The number of aryl methyl sites for hydroxylation is 1. The number of nitrogens with two attached hydrogens (primary N) is 1. The molecule has 45 heavy (non-hydrogen) atoms. The van der Waals surface area contributed by atoms with E-state index < -0.39 is 23.9 Å². The molecular weight excluding hydrogens is 682 g/mol. The van der Waals surface area contributed by atoms with E-state index in [-0.39, 0.29) is 34.8 Å². The number of thiophene rings is 1. The van der Waals surface area contributed by atoms with Gasteiger partial charge in [-0.25, -0.2) is 13.1 Å². The number of nitriles is 1.